The third-order valence-corrected chi connectivity index (χ3v) is 5.59. The second kappa shape index (κ2) is 8.98. The molecule has 0 bridgehead atoms. The number of rotatable bonds is 5. The van der Waals surface area contributed by atoms with Gasteiger partial charge in [-0.2, -0.15) is 10.4 Å². The molecule has 1 N–H and O–H groups in total. The highest BCUT2D eigenvalue weighted by atomic mass is 32.1. The van der Waals surface area contributed by atoms with E-state index in [1.54, 1.807) is 22.5 Å². The lowest BCUT2D eigenvalue weighted by Gasteiger charge is -2.18. The average Bonchev–Trinajstić information content (AvgIpc) is 3.53. The van der Waals surface area contributed by atoms with E-state index in [0.717, 1.165) is 11.3 Å². The number of hydrogen-bond donors (Lipinski definition) is 1. The Labute approximate surface area is 193 Å². The third-order valence-electron chi connectivity index (χ3n) is 4.90. The van der Waals surface area contributed by atoms with Crippen LogP contribution in [0, 0.1) is 11.3 Å². The Balaban J connectivity index is 1.58. The molecule has 0 unspecified atom stereocenters. The predicted molar refractivity (Wildman–Crippen MR) is 124 cm³/mol. The fourth-order valence-electron chi connectivity index (χ4n) is 3.37. The molecule has 33 heavy (non-hydrogen) atoms. The first kappa shape index (κ1) is 20.5. The molecule has 0 aliphatic carbocycles. The first-order valence-electron chi connectivity index (χ1n) is 10.1. The van der Waals surface area contributed by atoms with Gasteiger partial charge in [-0.25, -0.2) is 9.67 Å². The molecule has 8 nitrogen and oxygen atoms in total. The minimum Gasteiger partial charge on any atom is -0.486 e. The van der Waals surface area contributed by atoms with E-state index in [1.807, 2.05) is 54.6 Å². The molecule has 0 atom stereocenters. The van der Waals surface area contributed by atoms with Crippen LogP contribution in [0.15, 0.2) is 71.9 Å². The van der Waals surface area contributed by atoms with Gasteiger partial charge in [-0.15, -0.1) is 11.3 Å². The number of amides is 1. The van der Waals surface area contributed by atoms with E-state index >= 15 is 0 Å². The predicted octanol–water partition coefficient (Wildman–Crippen LogP) is 4.31. The number of nitriles is 1. The Bertz CT molecular complexity index is 1370. The molecule has 9 heteroatoms. The van der Waals surface area contributed by atoms with Crippen LogP contribution in [0.3, 0.4) is 0 Å². The van der Waals surface area contributed by atoms with Crippen LogP contribution >= 0.6 is 11.3 Å². The first-order chi connectivity index (χ1) is 16.2. The molecule has 5 rings (SSSR count). The summed E-state index contributed by atoms with van der Waals surface area (Å²) in [6, 6.07) is 17.2. The summed E-state index contributed by atoms with van der Waals surface area (Å²) >= 11 is 1.28. The molecule has 1 amide bonds. The van der Waals surface area contributed by atoms with E-state index in [-0.39, 0.29) is 5.57 Å². The fourth-order valence-corrected chi connectivity index (χ4v) is 3.90. The maximum atomic E-state index is 12.7. The number of aromatic nitrogens is 3. The number of anilines is 1. The highest BCUT2D eigenvalue weighted by Crippen LogP contribution is 2.36. The lowest BCUT2D eigenvalue weighted by atomic mass is 10.0. The zero-order valence-electron chi connectivity index (χ0n) is 17.3. The van der Waals surface area contributed by atoms with Crippen LogP contribution in [-0.4, -0.2) is 33.9 Å². The molecular formula is C24H17N5O3S. The molecule has 2 aromatic carbocycles. The second-order valence-corrected chi connectivity index (χ2v) is 7.93. The van der Waals surface area contributed by atoms with Crippen LogP contribution in [0.25, 0.3) is 23.0 Å². The molecule has 0 spiro atoms. The van der Waals surface area contributed by atoms with Gasteiger partial charge in [0.15, 0.2) is 16.6 Å². The maximum Gasteiger partial charge on any atom is 0.268 e. The van der Waals surface area contributed by atoms with Gasteiger partial charge in [0.05, 0.1) is 5.69 Å². The lowest BCUT2D eigenvalue weighted by Crippen LogP contribution is -2.15. The highest BCUT2D eigenvalue weighted by Gasteiger charge is 2.18. The van der Waals surface area contributed by atoms with Gasteiger partial charge in [0.25, 0.3) is 5.91 Å². The summed E-state index contributed by atoms with van der Waals surface area (Å²) in [5.74, 6) is 0.767. The molecule has 4 aromatic rings. The number of benzene rings is 2. The topological polar surface area (TPSA) is 102 Å². The van der Waals surface area contributed by atoms with Gasteiger partial charge in [0.2, 0.25) is 0 Å². The van der Waals surface area contributed by atoms with Crippen LogP contribution < -0.4 is 14.8 Å². The summed E-state index contributed by atoms with van der Waals surface area (Å²) < 4.78 is 13.1. The summed E-state index contributed by atoms with van der Waals surface area (Å²) in [4.78, 5) is 16.7. The molecule has 1 aliphatic rings. The van der Waals surface area contributed by atoms with Crippen molar-refractivity contribution in [1.29, 1.82) is 5.26 Å². The van der Waals surface area contributed by atoms with E-state index in [1.165, 1.54) is 17.4 Å². The van der Waals surface area contributed by atoms with Crippen molar-refractivity contribution in [2.75, 3.05) is 18.5 Å². The van der Waals surface area contributed by atoms with E-state index in [2.05, 4.69) is 10.3 Å². The van der Waals surface area contributed by atoms with Crippen molar-refractivity contribution in [3.8, 4) is 34.5 Å². The number of nitrogens with one attached hydrogen (secondary N) is 1. The number of para-hydroxylation sites is 1. The average molecular weight is 455 g/mol. The Morgan fingerprint density at radius 1 is 1.15 bits per heavy atom. The zero-order chi connectivity index (χ0) is 22.6. The minimum absolute atomic E-state index is 0.0587. The number of nitrogens with zero attached hydrogens (tertiary/aromatic N) is 4. The van der Waals surface area contributed by atoms with Crippen molar-refractivity contribution in [2.24, 2.45) is 0 Å². The molecule has 162 valence electrons. The third kappa shape index (κ3) is 4.33. The van der Waals surface area contributed by atoms with Crippen molar-refractivity contribution in [3.63, 3.8) is 0 Å². The van der Waals surface area contributed by atoms with E-state index in [0.29, 0.717) is 41.1 Å². The van der Waals surface area contributed by atoms with E-state index < -0.39 is 5.91 Å². The number of ether oxygens (including phenoxy) is 2. The van der Waals surface area contributed by atoms with Crippen molar-refractivity contribution in [2.45, 2.75) is 0 Å². The number of carbonyl (C=O) groups is 1. The van der Waals surface area contributed by atoms with Gasteiger partial charge in [0.1, 0.15) is 30.6 Å². The van der Waals surface area contributed by atoms with E-state index in [4.69, 9.17) is 14.6 Å². The normalized spacial score (nSPS) is 12.8. The van der Waals surface area contributed by atoms with Gasteiger partial charge in [-0.1, -0.05) is 18.2 Å². The second-order valence-electron chi connectivity index (χ2n) is 7.03. The van der Waals surface area contributed by atoms with Crippen LogP contribution in [0.2, 0.25) is 0 Å². The molecular weight excluding hydrogens is 438 g/mol. The Hall–Kier alpha value is -4.42. The van der Waals surface area contributed by atoms with Crippen LogP contribution in [0.1, 0.15) is 5.56 Å². The van der Waals surface area contributed by atoms with Gasteiger partial charge in [-0.3, -0.25) is 10.1 Å². The number of thiazole rings is 1. The SMILES string of the molecule is N#C/C(=C\c1cn(-c2ccccc2)nc1-c1ccc2c(c1)OCCO2)C(=O)Nc1nccs1. The van der Waals surface area contributed by atoms with E-state index in [9.17, 15) is 10.1 Å². The quantitative estimate of drug-likeness (QED) is 0.355. The molecule has 0 fully saturated rings. The molecule has 0 saturated carbocycles. The van der Waals surface area contributed by atoms with Gasteiger partial charge >= 0.3 is 0 Å². The van der Waals surface area contributed by atoms with Gasteiger partial charge < -0.3 is 9.47 Å². The Morgan fingerprint density at radius 3 is 2.73 bits per heavy atom. The number of carbonyl (C=O) groups excluding carboxylic acids is 1. The van der Waals surface area contributed by atoms with Crippen molar-refractivity contribution in [1.82, 2.24) is 14.8 Å². The standard InChI is InChI=1S/C24H17N5O3S/c25-14-17(23(30)27-24-26-8-11-33-24)12-18-15-29(19-4-2-1-3-5-19)28-22(18)16-6-7-20-21(13-16)32-10-9-31-20/h1-8,11-13,15H,9-10H2,(H,26,27,30)/b17-12+. The lowest BCUT2D eigenvalue weighted by molar-refractivity contribution is -0.112. The Morgan fingerprint density at radius 2 is 1.97 bits per heavy atom. The van der Waals surface area contributed by atoms with Gasteiger partial charge in [0, 0.05) is 28.9 Å². The van der Waals surface area contributed by atoms with Crippen LogP contribution in [0.4, 0.5) is 5.13 Å². The summed E-state index contributed by atoms with van der Waals surface area (Å²) in [7, 11) is 0. The summed E-state index contributed by atoms with van der Waals surface area (Å²) in [5.41, 5.74) is 2.78. The van der Waals surface area contributed by atoms with Crippen molar-refractivity contribution >= 4 is 28.5 Å². The summed E-state index contributed by atoms with van der Waals surface area (Å²) in [6.07, 6.45) is 4.90. The monoisotopic (exact) mass is 455 g/mol. The van der Waals surface area contributed by atoms with Crippen molar-refractivity contribution < 1.29 is 14.3 Å². The van der Waals surface area contributed by atoms with Gasteiger partial charge in [-0.05, 0) is 36.4 Å². The molecule has 0 saturated heterocycles. The molecule has 3 heterocycles. The van der Waals surface area contributed by atoms with Crippen LogP contribution in [0.5, 0.6) is 11.5 Å². The van der Waals surface area contributed by atoms with Crippen molar-refractivity contribution in [3.05, 3.63) is 77.4 Å². The maximum absolute atomic E-state index is 12.7. The highest BCUT2D eigenvalue weighted by molar-refractivity contribution is 7.13. The smallest absolute Gasteiger partial charge is 0.268 e. The fraction of sp³-hybridized carbons (Fsp3) is 0.0833. The minimum atomic E-state index is -0.534. The molecule has 2 aromatic heterocycles. The number of hydrogen-bond acceptors (Lipinski definition) is 7. The largest absolute Gasteiger partial charge is 0.486 e. The summed E-state index contributed by atoms with van der Waals surface area (Å²) in [5, 5.41) is 19.2. The summed E-state index contributed by atoms with van der Waals surface area (Å²) in [6.45, 7) is 0.972. The Kier molecular flexibility index (Phi) is 5.57. The molecule has 1 aliphatic heterocycles. The van der Waals surface area contributed by atoms with Crippen LogP contribution in [-0.2, 0) is 4.79 Å². The molecule has 0 radical (unpaired) electrons. The number of fused-ring (bicyclic) bond motifs is 1. The first-order valence-corrected chi connectivity index (χ1v) is 11.0. The zero-order valence-corrected chi connectivity index (χ0v) is 18.1.